The molecule has 0 spiro atoms. The first-order chi connectivity index (χ1) is 8.97. The highest BCUT2D eigenvalue weighted by atomic mass is 19.2. The summed E-state index contributed by atoms with van der Waals surface area (Å²) in [5.74, 6) is -0.372. The van der Waals surface area contributed by atoms with Gasteiger partial charge in [-0.2, -0.15) is 0 Å². The third-order valence-corrected chi connectivity index (χ3v) is 3.78. The fourth-order valence-corrected chi connectivity index (χ4v) is 3.12. The lowest BCUT2D eigenvalue weighted by Gasteiger charge is -2.36. The molecule has 0 amide bonds. The zero-order valence-electron chi connectivity index (χ0n) is 11.6. The Hall–Kier alpha value is -1.00. The second-order valence-corrected chi connectivity index (χ2v) is 5.91. The highest BCUT2D eigenvalue weighted by molar-refractivity contribution is 5.22. The van der Waals surface area contributed by atoms with Gasteiger partial charge in [0.1, 0.15) is 0 Å². The second kappa shape index (κ2) is 5.97. The van der Waals surface area contributed by atoms with Crippen LogP contribution in [0.25, 0.3) is 0 Å². The van der Waals surface area contributed by atoms with E-state index in [9.17, 15) is 8.78 Å². The summed E-state index contributed by atoms with van der Waals surface area (Å²) in [6.45, 7) is 6.98. The molecule has 3 atom stereocenters. The summed E-state index contributed by atoms with van der Waals surface area (Å²) in [6.07, 6.45) is 1.22. The molecule has 2 rings (SSSR count). The van der Waals surface area contributed by atoms with Crippen molar-refractivity contribution < 1.29 is 8.78 Å². The first kappa shape index (κ1) is 14.4. The van der Waals surface area contributed by atoms with Crippen molar-refractivity contribution in [2.45, 2.75) is 26.3 Å². The second-order valence-electron chi connectivity index (χ2n) is 5.91. The summed E-state index contributed by atoms with van der Waals surface area (Å²) in [4.78, 5) is 2.26. The Labute approximate surface area is 113 Å². The maximum atomic E-state index is 13.7. The number of nitrogens with two attached hydrogens (primary N) is 1. The van der Waals surface area contributed by atoms with Crippen molar-refractivity contribution in [3.05, 3.63) is 35.4 Å². The third kappa shape index (κ3) is 3.51. The van der Waals surface area contributed by atoms with Crippen LogP contribution in [-0.4, -0.2) is 24.5 Å². The zero-order chi connectivity index (χ0) is 14.0. The fourth-order valence-electron chi connectivity index (χ4n) is 3.12. The fraction of sp³-hybridized carbons (Fsp3) is 0.600. The van der Waals surface area contributed by atoms with Gasteiger partial charge in [-0.3, -0.25) is 0 Å². The van der Waals surface area contributed by atoms with Gasteiger partial charge in [0.15, 0.2) is 11.6 Å². The quantitative estimate of drug-likeness (QED) is 0.913. The molecular weight excluding hydrogens is 246 g/mol. The molecule has 3 unspecified atom stereocenters. The van der Waals surface area contributed by atoms with E-state index < -0.39 is 17.7 Å². The van der Waals surface area contributed by atoms with E-state index in [2.05, 4.69) is 18.7 Å². The average Bonchev–Trinajstić information content (AvgIpc) is 2.31. The van der Waals surface area contributed by atoms with Crippen molar-refractivity contribution in [2.24, 2.45) is 17.6 Å². The number of piperidine rings is 1. The Balaban J connectivity index is 2.04. The molecule has 4 heteroatoms. The molecule has 106 valence electrons. The van der Waals surface area contributed by atoms with Crippen LogP contribution in [-0.2, 0) is 0 Å². The van der Waals surface area contributed by atoms with E-state index in [4.69, 9.17) is 5.73 Å². The average molecular weight is 268 g/mol. The minimum atomic E-state index is -0.826. The number of hydrogen-bond acceptors (Lipinski definition) is 2. The summed E-state index contributed by atoms with van der Waals surface area (Å²) in [7, 11) is 0. The highest BCUT2D eigenvalue weighted by Gasteiger charge is 2.24. The van der Waals surface area contributed by atoms with E-state index in [-0.39, 0.29) is 5.56 Å². The number of hydrogen-bond donors (Lipinski definition) is 1. The van der Waals surface area contributed by atoms with E-state index in [0.29, 0.717) is 18.4 Å². The van der Waals surface area contributed by atoms with Crippen molar-refractivity contribution >= 4 is 0 Å². The van der Waals surface area contributed by atoms with Crippen molar-refractivity contribution in [1.82, 2.24) is 4.90 Å². The number of benzene rings is 1. The summed E-state index contributed by atoms with van der Waals surface area (Å²) in [5, 5.41) is 0. The van der Waals surface area contributed by atoms with E-state index >= 15 is 0 Å². The third-order valence-electron chi connectivity index (χ3n) is 3.78. The SMILES string of the molecule is CC1CC(C)CN(CC(N)c2cccc(F)c2F)C1. The molecule has 0 aliphatic carbocycles. The molecule has 1 aromatic carbocycles. The molecule has 1 aliphatic rings. The van der Waals surface area contributed by atoms with E-state index in [1.54, 1.807) is 6.07 Å². The molecule has 2 N–H and O–H groups in total. The van der Waals surface area contributed by atoms with Crippen LogP contribution in [0.3, 0.4) is 0 Å². The van der Waals surface area contributed by atoms with Gasteiger partial charge in [-0.1, -0.05) is 26.0 Å². The van der Waals surface area contributed by atoms with Gasteiger partial charge in [-0.15, -0.1) is 0 Å². The largest absolute Gasteiger partial charge is 0.323 e. The van der Waals surface area contributed by atoms with Gasteiger partial charge in [0, 0.05) is 31.2 Å². The summed E-state index contributed by atoms with van der Waals surface area (Å²) >= 11 is 0. The lowest BCUT2D eigenvalue weighted by molar-refractivity contribution is 0.133. The molecule has 2 nitrogen and oxygen atoms in total. The van der Waals surface area contributed by atoms with Crippen LogP contribution in [0, 0.1) is 23.5 Å². The van der Waals surface area contributed by atoms with Crippen LogP contribution in [0.4, 0.5) is 8.78 Å². The Kier molecular flexibility index (Phi) is 4.53. The van der Waals surface area contributed by atoms with Gasteiger partial charge in [0.25, 0.3) is 0 Å². The molecule has 19 heavy (non-hydrogen) atoms. The maximum Gasteiger partial charge on any atom is 0.163 e. The summed E-state index contributed by atoms with van der Waals surface area (Å²) in [6, 6.07) is 3.72. The van der Waals surface area contributed by atoms with Gasteiger partial charge >= 0.3 is 0 Å². The van der Waals surface area contributed by atoms with Gasteiger partial charge in [0.2, 0.25) is 0 Å². The molecule has 0 radical (unpaired) electrons. The molecular formula is C15H22F2N2. The lowest BCUT2D eigenvalue weighted by atomic mass is 9.91. The predicted molar refractivity (Wildman–Crippen MR) is 72.7 cm³/mol. The van der Waals surface area contributed by atoms with Crippen LogP contribution in [0.5, 0.6) is 0 Å². The number of likely N-dealkylation sites (tertiary alicyclic amines) is 1. The molecule has 0 saturated carbocycles. The first-order valence-corrected chi connectivity index (χ1v) is 6.89. The monoisotopic (exact) mass is 268 g/mol. The molecule has 1 saturated heterocycles. The Morgan fingerprint density at radius 1 is 1.26 bits per heavy atom. The molecule has 1 aromatic rings. The van der Waals surface area contributed by atoms with Crippen molar-refractivity contribution in [3.63, 3.8) is 0 Å². The van der Waals surface area contributed by atoms with Crippen LogP contribution < -0.4 is 5.73 Å². The highest BCUT2D eigenvalue weighted by Crippen LogP contribution is 2.24. The minimum Gasteiger partial charge on any atom is -0.323 e. The molecule has 0 aromatic heterocycles. The van der Waals surface area contributed by atoms with Crippen LogP contribution >= 0.6 is 0 Å². The van der Waals surface area contributed by atoms with E-state index in [1.165, 1.54) is 12.5 Å². The minimum absolute atomic E-state index is 0.269. The van der Waals surface area contributed by atoms with Gasteiger partial charge < -0.3 is 10.6 Å². The normalized spacial score (nSPS) is 26.4. The molecule has 1 fully saturated rings. The Morgan fingerprint density at radius 2 is 1.89 bits per heavy atom. The standard InChI is InChI=1S/C15H22F2N2/c1-10-6-11(2)8-19(7-10)9-14(18)12-4-3-5-13(16)15(12)17/h3-5,10-11,14H,6-9,18H2,1-2H3. The smallest absolute Gasteiger partial charge is 0.163 e. The molecule has 0 bridgehead atoms. The Bertz CT molecular complexity index is 426. The first-order valence-electron chi connectivity index (χ1n) is 6.89. The number of nitrogens with zero attached hydrogens (tertiary/aromatic N) is 1. The Morgan fingerprint density at radius 3 is 2.53 bits per heavy atom. The lowest BCUT2D eigenvalue weighted by Crippen LogP contribution is -2.42. The van der Waals surface area contributed by atoms with Gasteiger partial charge in [0.05, 0.1) is 0 Å². The van der Waals surface area contributed by atoms with Crippen molar-refractivity contribution in [1.29, 1.82) is 0 Å². The number of rotatable bonds is 3. The zero-order valence-corrected chi connectivity index (χ0v) is 11.6. The molecule has 1 heterocycles. The van der Waals surface area contributed by atoms with Crippen molar-refractivity contribution in [3.8, 4) is 0 Å². The number of halogens is 2. The van der Waals surface area contributed by atoms with Crippen LogP contribution in [0.15, 0.2) is 18.2 Å². The van der Waals surface area contributed by atoms with E-state index in [1.807, 2.05) is 0 Å². The molecule has 1 aliphatic heterocycles. The topological polar surface area (TPSA) is 29.3 Å². The van der Waals surface area contributed by atoms with E-state index in [0.717, 1.165) is 19.2 Å². The van der Waals surface area contributed by atoms with Crippen LogP contribution in [0.2, 0.25) is 0 Å². The maximum absolute atomic E-state index is 13.7. The summed E-state index contributed by atoms with van der Waals surface area (Å²) < 4.78 is 26.9. The van der Waals surface area contributed by atoms with Crippen LogP contribution in [0.1, 0.15) is 31.9 Å². The van der Waals surface area contributed by atoms with Crippen molar-refractivity contribution in [2.75, 3.05) is 19.6 Å². The van der Waals surface area contributed by atoms with Gasteiger partial charge in [-0.05, 0) is 24.3 Å². The predicted octanol–water partition coefficient (Wildman–Crippen LogP) is 2.94. The van der Waals surface area contributed by atoms with Gasteiger partial charge in [-0.25, -0.2) is 8.78 Å². The summed E-state index contributed by atoms with van der Waals surface area (Å²) in [5.41, 5.74) is 6.31.